The monoisotopic (exact) mass is 289 g/mol. The Morgan fingerprint density at radius 3 is 2.76 bits per heavy atom. The summed E-state index contributed by atoms with van der Waals surface area (Å²) in [4.78, 5) is 28.7. The van der Waals surface area contributed by atoms with Crippen LogP contribution in [-0.4, -0.2) is 41.2 Å². The van der Waals surface area contributed by atoms with Crippen molar-refractivity contribution in [2.24, 2.45) is 11.8 Å². The van der Waals surface area contributed by atoms with Crippen molar-refractivity contribution < 1.29 is 9.72 Å². The van der Waals surface area contributed by atoms with Crippen LogP contribution in [0.3, 0.4) is 0 Å². The molecule has 0 spiro atoms. The van der Waals surface area contributed by atoms with E-state index in [-0.39, 0.29) is 23.3 Å². The molecule has 1 aromatic rings. The Hall–Kier alpha value is -2.08. The van der Waals surface area contributed by atoms with E-state index < -0.39 is 4.92 Å². The minimum absolute atomic E-state index is 0.0450. The van der Waals surface area contributed by atoms with Gasteiger partial charge in [-0.1, -0.05) is 6.92 Å². The number of aromatic nitrogens is 1. The largest absolute Gasteiger partial charge is 0.309 e. The molecule has 0 saturated heterocycles. The van der Waals surface area contributed by atoms with Crippen LogP contribution in [-0.2, 0) is 4.79 Å². The molecule has 0 N–H and O–H groups in total. The third-order valence-corrected chi connectivity index (χ3v) is 3.82. The van der Waals surface area contributed by atoms with Gasteiger partial charge in [0.1, 0.15) is 6.20 Å². The molecule has 0 saturated carbocycles. The van der Waals surface area contributed by atoms with Crippen molar-refractivity contribution in [2.75, 3.05) is 20.6 Å². The number of nitrogens with zero attached hydrogens (tertiary/aromatic N) is 3. The number of allylic oxidation sites excluding steroid dienone is 2. The molecule has 0 bridgehead atoms. The third-order valence-electron chi connectivity index (χ3n) is 3.82. The zero-order chi connectivity index (χ0) is 15.6. The van der Waals surface area contributed by atoms with Gasteiger partial charge in [0.15, 0.2) is 5.78 Å². The molecule has 1 aliphatic rings. The van der Waals surface area contributed by atoms with E-state index in [1.54, 1.807) is 12.1 Å². The van der Waals surface area contributed by atoms with Crippen LogP contribution in [0, 0.1) is 22.0 Å². The average molecular weight is 289 g/mol. The lowest BCUT2D eigenvalue weighted by atomic mass is 9.78. The topological polar surface area (TPSA) is 76.3 Å². The van der Waals surface area contributed by atoms with Gasteiger partial charge in [-0.3, -0.25) is 19.9 Å². The van der Waals surface area contributed by atoms with Gasteiger partial charge in [0.25, 0.3) is 5.69 Å². The molecule has 1 heterocycles. The molecular weight excluding hydrogens is 270 g/mol. The fraction of sp³-hybridized carbons (Fsp3) is 0.467. The first-order valence-electron chi connectivity index (χ1n) is 6.88. The molecule has 2 rings (SSSR count). The molecule has 6 nitrogen and oxygen atoms in total. The number of carbonyl (C=O) groups excluding carboxylic acids is 1. The van der Waals surface area contributed by atoms with Crippen molar-refractivity contribution in [1.82, 2.24) is 9.88 Å². The van der Waals surface area contributed by atoms with Crippen molar-refractivity contribution in [3.63, 3.8) is 0 Å². The van der Waals surface area contributed by atoms with E-state index in [0.29, 0.717) is 18.5 Å². The van der Waals surface area contributed by atoms with Gasteiger partial charge in [0.05, 0.1) is 10.5 Å². The van der Waals surface area contributed by atoms with Gasteiger partial charge in [-0.25, -0.2) is 0 Å². The number of rotatable bonds is 4. The number of nitro groups is 1. The minimum Gasteiger partial charge on any atom is -0.309 e. The lowest BCUT2D eigenvalue weighted by Crippen LogP contribution is -2.34. The summed E-state index contributed by atoms with van der Waals surface area (Å²) < 4.78 is 0. The Kier molecular flexibility index (Phi) is 4.47. The maximum absolute atomic E-state index is 12.3. The molecule has 0 aliphatic heterocycles. The summed E-state index contributed by atoms with van der Waals surface area (Å²) in [5.74, 6) is 0.154. The van der Waals surface area contributed by atoms with Crippen molar-refractivity contribution >= 4 is 17.0 Å². The summed E-state index contributed by atoms with van der Waals surface area (Å²) in [6, 6.07) is 1.61. The van der Waals surface area contributed by atoms with E-state index in [1.165, 1.54) is 12.4 Å². The molecule has 1 aliphatic carbocycles. The molecule has 1 aromatic heterocycles. The van der Waals surface area contributed by atoms with Gasteiger partial charge < -0.3 is 4.90 Å². The SMILES string of the molecule is C[C@H]1CC(c2ccncc2[N+](=O)[O-])=CC(=O)[C@H]1CN(C)C. The Balaban J connectivity index is 2.35. The Morgan fingerprint density at radius 1 is 1.48 bits per heavy atom. The molecule has 0 amide bonds. The first kappa shape index (κ1) is 15.3. The van der Waals surface area contributed by atoms with Crippen LogP contribution in [0.1, 0.15) is 18.9 Å². The van der Waals surface area contributed by atoms with E-state index in [4.69, 9.17) is 0 Å². The smallest absolute Gasteiger partial charge is 0.294 e. The van der Waals surface area contributed by atoms with Gasteiger partial charge in [-0.05, 0) is 44.1 Å². The molecule has 6 heteroatoms. The van der Waals surface area contributed by atoms with E-state index in [0.717, 1.165) is 5.57 Å². The maximum Gasteiger partial charge on any atom is 0.294 e. The fourth-order valence-electron chi connectivity index (χ4n) is 2.76. The number of hydrogen-bond acceptors (Lipinski definition) is 5. The zero-order valence-electron chi connectivity index (χ0n) is 12.4. The summed E-state index contributed by atoms with van der Waals surface area (Å²) in [6.07, 6.45) is 4.98. The molecule has 0 radical (unpaired) electrons. The van der Waals surface area contributed by atoms with Crippen LogP contribution in [0.5, 0.6) is 0 Å². The lowest BCUT2D eigenvalue weighted by molar-refractivity contribution is -0.385. The summed E-state index contributed by atoms with van der Waals surface area (Å²) in [6.45, 7) is 2.72. The number of hydrogen-bond donors (Lipinski definition) is 0. The van der Waals surface area contributed by atoms with Crippen molar-refractivity contribution in [3.8, 4) is 0 Å². The van der Waals surface area contributed by atoms with Crippen molar-refractivity contribution in [3.05, 3.63) is 40.2 Å². The highest BCUT2D eigenvalue weighted by molar-refractivity contribution is 6.01. The number of pyridine rings is 1. The summed E-state index contributed by atoms with van der Waals surface area (Å²) in [7, 11) is 3.87. The second-order valence-electron chi connectivity index (χ2n) is 5.77. The predicted octanol–water partition coefficient (Wildman–Crippen LogP) is 2.16. The molecule has 21 heavy (non-hydrogen) atoms. The second-order valence-corrected chi connectivity index (χ2v) is 5.77. The van der Waals surface area contributed by atoms with Crippen LogP contribution in [0.15, 0.2) is 24.5 Å². The first-order chi connectivity index (χ1) is 9.90. The third kappa shape index (κ3) is 3.33. The summed E-state index contributed by atoms with van der Waals surface area (Å²) in [5, 5.41) is 11.1. The highest BCUT2D eigenvalue weighted by Gasteiger charge is 2.31. The van der Waals surface area contributed by atoms with Gasteiger partial charge >= 0.3 is 0 Å². The normalized spacial score (nSPS) is 22.3. The first-order valence-corrected chi connectivity index (χ1v) is 6.88. The zero-order valence-corrected chi connectivity index (χ0v) is 12.4. The van der Waals surface area contributed by atoms with Crippen LogP contribution in [0.25, 0.3) is 5.57 Å². The van der Waals surface area contributed by atoms with Crippen molar-refractivity contribution in [1.29, 1.82) is 0 Å². The van der Waals surface area contributed by atoms with Crippen LogP contribution in [0.4, 0.5) is 5.69 Å². The molecule has 112 valence electrons. The van der Waals surface area contributed by atoms with Crippen LogP contribution < -0.4 is 0 Å². The van der Waals surface area contributed by atoms with Gasteiger partial charge in [0, 0.05) is 18.7 Å². The molecule has 0 unspecified atom stereocenters. The molecule has 2 atom stereocenters. The average Bonchev–Trinajstić information content (AvgIpc) is 2.42. The molecular formula is C15H19N3O3. The standard InChI is InChI=1S/C15H19N3O3/c1-10-6-11(7-15(19)13(10)9-17(2)3)12-4-5-16-8-14(12)18(20)21/h4-5,7-8,10,13H,6,9H2,1-3H3/t10-,13-/m0/s1. The van der Waals surface area contributed by atoms with E-state index in [9.17, 15) is 14.9 Å². The number of carbonyl (C=O) groups is 1. The maximum atomic E-state index is 12.3. The summed E-state index contributed by atoms with van der Waals surface area (Å²) in [5.41, 5.74) is 1.19. The number of ketones is 1. The van der Waals surface area contributed by atoms with Crippen LogP contribution >= 0.6 is 0 Å². The molecule has 0 aromatic carbocycles. The van der Waals surface area contributed by atoms with E-state index in [2.05, 4.69) is 4.98 Å². The van der Waals surface area contributed by atoms with E-state index in [1.807, 2.05) is 25.9 Å². The van der Waals surface area contributed by atoms with Gasteiger partial charge in [-0.15, -0.1) is 0 Å². The lowest BCUT2D eigenvalue weighted by Gasteiger charge is -2.29. The second kappa shape index (κ2) is 6.13. The molecule has 0 fully saturated rings. The van der Waals surface area contributed by atoms with Gasteiger partial charge in [-0.2, -0.15) is 0 Å². The fourth-order valence-corrected chi connectivity index (χ4v) is 2.76. The highest BCUT2D eigenvalue weighted by atomic mass is 16.6. The Bertz CT molecular complexity index is 596. The Morgan fingerprint density at radius 2 is 2.19 bits per heavy atom. The Labute approximate surface area is 123 Å². The van der Waals surface area contributed by atoms with Crippen LogP contribution in [0.2, 0.25) is 0 Å². The minimum atomic E-state index is -0.454. The highest BCUT2D eigenvalue weighted by Crippen LogP contribution is 2.36. The summed E-state index contributed by atoms with van der Waals surface area (Å²) >= 11 is 0. The van der Waals surface area contributed by atoms with Gasteiger partial charge in [0.2, 0.25) is 0 Å². The predicted molar refractivity (Wildman–Crippen MR) is 79.7 cm³/mol. The van der Waals surface area contributed by atoms with Crippen molar-refractivity contribution in [2.45, 2.75) is 13.3 Å². The van der Waals surface area contributed by atoms with E-state index >= 15 is 0 Å². The quantitative estimate of drug-likeness (QED) is 0.627.